The Kier molecular flexibility index (Phi) is 6.62. The van der Waals surface area contributed by atoms with E-state index >= 15 is 0 Å². The zero-order valence-electron chi connectivity index (χ0n) is 14.0. The van der Waals surface area contributed by atoms with Crippen LogP contribution in [0.2, 0.25) is 0 Å². The molecule has 6 nitrogen and oxygen atoms in total. The molecule has 0 bridgehead atoms. The summed E-state index contributed by atoms with van der Waals surface area (Å²) in [6.07, 6.45) is 6.98. The first-order chi connectivity index (χ1) is 11.4. The third kappa shape index (κ3) is 4.95. The fourth-order valence-electron chi connectivity index (χ4n) is 2.95. The van der Waals surface area contributed by atoms with E-state index < -0.39 is 16.0 Å². The first-order valence-corrected chi connectivity index (χ1v) is 10.1. The Hall–Kier alpha value is -1.60. The van der Waals surface area contributed by atoms with Gasteiger partial charge >= 0.3 is 5.97 Å². The Labute approximate surface area is 143 Å². The summed E-state index contributed by atoms with van der Waals surface area (Å²) in [5.41, 5.74) is 0.454. The van der Waals surface area contributed by atoms with Crippen LogP contribution in [0.1, 0.15) is 62.2 Å². The Balaban J connectivity index is 2.25. The Morgan fingerprint density at radius 3 is 2.58 bits per heavy atom. The van der Waals surface area contributed by atoms with Crippen molar-refractivity contribution in [2.45, 2.75) is 62.8 Å². The van der Waals surface area contributed by atoms with Gasteiger partial charge in [0.2, 0.25) is 10.0 Å². The molecule has 134 valence electrons. The van der Waals surface area contributed by atoms with Crippen molar-refractivity contribution in [3.05, 3.63) is 23.8 Å². The molecular weight excluding hydrogens is 328 g/mol. The van der Waals surface area contributed by atoms with Gasteiger partial charge in [-0.2, -0.15) is 0 Å². The van der Waals surface area contributed by atoms with Gasteiger partial charge in [0.05, 0.1) is 11.3 Å². The highest BCUT2D eigenvalue weighted by molar-refractivity contribution is 7.89. The topological polar surface area (TPSA) is 95.5 Å². The molecule has 1 fully saturated rings. The molecule has 0 spiro atoms. The second kappa shape index (κ2) is 8.48. The summed E-state index contributed by atoms with van der Waals surface area (Å²) in [4.78, 5) is 11.2. The van der Waals surface area contributed by atoms with Crippen LogP contribution in [0.4, 0.5) is 5.69 Å². The summed E-state index contributed by atoms with van der Waals surface area (Å²) in [5.74, 6) is -1.13. The minimum absolute atomic E-state index is 0.0193. The summed E-state index contributed by atoms with van der Waals surface area (Å²) in [7, 11) is -3.74. The zero-order chi connectivity index (χ0) is 17.6. The van der Waals surface area contributed by atoms with Crippen molar-refractivity contribution in [1.29, 1.82) is 0 Å². The normalized spacial score (nSPS) is 15.5. The number of carboxylic acid groups (broad SMARTS) is 1. The molecule has 1 aliphatic rings. The van der Waals surface area contributed by atoms with Crippen LogP contribution in [-0.4, -0.2) is 32.1 Å². The molecule has 0 atom stereocenters. The lowest BCUT2D eigenvalue weighted by Crippen LogP contribution is -2.27. The highest BCUT2D eigenvalue weighted by Gasteiger charge is 2.23. The lowest BCUT2D eigenvalue weighted by atomic mass is 10.2. The summed E-state index contributed by atoms with van der Waals surface area (Å²) in [6.45, 7) is 2.41. The number of hydrogen-bond acceptors (Lipinski definition) is 4. The number of carboxylic acids is 1. The zero-order valence-corrected chi connectivity index (χ0v) is 14.9. The van der Waals surface area contributed by atoms with E-state index in [1.165, 1.54) is 12.1 Å². The van der Waals surface area contributed by atoms with Gasteiger partial charge in [0, 0.05) is 12.6 Å². The highest BCUT2D eigenvalue weighted by Crippen LogP contribution is 2.28. The SMILES string of the molecule is CCCCCNS(=O)(=O)c1cc(C(=O)O)ccc1NC1CCCC1. The molecule has 1 aromatic rings. The predicted molar refractivity (Wildman–Crippen MR) is 94.0 cm³/mol. The van der Waals surface area contributed by atoms with Crippen molar-refractivity contribution >= 4 is 21.7 Å². The lowest BCUT2D eigenvalue weighted by Gasteiger charge is -2.18. The Morgan fingerprint density at radius 2 is 1.96 bits per heavy atom. The number of unbranched alkanes of at least 4 members (excludes halogenated alkanes) is 2. The van der Waals surface area contributed by atoms with Gasteiger partial charge in [0.15, 0.2) is 0 Å². The molecule has 7 heteroatoms. The number of hydrogen-bond donors (Lipinski definition) is 3. The van der Waals surface area contributed by atoms with E-state index in [0.29, 0.717) is 12.2 Å². The highest BCUT2D eigenvalue weighted by atomic mass is 32.2. The van der Waals surface area contributed by atoms with Gasteiger partial charge in [0.1, 0.15) is 4.90 Å². The molecule has 0 amide bonds. The Bertz CT molecular complexity index is 667. The number of carbonyl (C=O) groups is 1. The minimum Gasteiger partial charge on any atom is -0.478 e. The summed E-state index contributed by atoms with van der Waals surface area (Å²) in [5, 5.41) is 12.4. The van der Waals surface area contributed by atoms with Gasteiger partial charge in [-0.25, -0.2) is 17.9 Å². The second-order valence-electron chi connectivity index (χ2n) is 6.25. The van der Waals surface area contributed by atoms with Crippen molar-refractivity contribution in [3.63, 3.8) is 0 Å². The van der Waals surface area contributed by atoms with Crippen LogP contribution >= 0.6 is 0 Å². The average molecular weight is 354 g/mol. The molecule has 2 rings (SSSR count). The molecule has 0 unspecified atom stereocenters. The summed E-state index contributed by atoms with van der Waals surface area (Å²) >= 11 is 0. The predicted octanol–water partition coefficient (Wildman–Crippen LogP) is 3.21. The maximum absolute atomic E-state index is 12.6. The maximum atomic E-state index is 12.6. The molecule has 24 heavy (non-hydrogen) atoms. The van der Waals surface area contributed by atoms with E-state index in [1.54, 1.807) is 6.07 Å². The molecule has 0 aromatic heterocycles. The number of aromatic carboxylic acids is 1. The van der Waals surface area contributed by atoms with E-state index in [0.717, 1.165) is 44.9 Å². The van der Waals surface area contributed by atoms with Gasteiger partial charge in [-0.3, -0.25) is 0 Å². The fraction of sp³-hybridized carbons (Fsp3) is 0.588. The van der Waals surface area contributed by atoms with Crippen molar-refractivity contribution in [2.75, 3.05) is 11.9 Å². The minimum atomic E-state index is -3.74. The first-order valence-electron chi connectivity index (χ1n) is 8.57. The van der Waals surface area contributed by atoms with Crippen molar-refractivity contribution in [2.24, 2.45) is 0 Å². The number of benzene rings is 1. The van der Waals surface area contributed by atoms with Crippen LogP contribution in [0.5, 0.6) is 0 Å². The van der Waals surface area contributed by atoms with Crippen LogP contribution in [0.3, 0.4) is 0 Å². The molecule has 0 heterocycles. The van der Waals surface area contributed by atoms with Gasteiger partial charge in [0.25, 0.3) is 0 Å². The van der Waals surface area contributed by atoms with Gasteiger partial charge in [-0.1, -0.05) is 32.6 Å². The number of rotatable bonds is 9. The molecule has 1 aromatic carbocycles. The van der Waals surface area contributed by atoms with E-state index in [4.69, 9.17) is 5.11 Å². The molecule has 0 saturated heterocycles. The average Bonchev–Trinajstić information content (AvgIpc) is 3.04. The van der Waals surface area contributed by atoms with Crippen molar-refractivity contribution in [1.82, 2.24) is 4.72 Å². The molecule has 3 N–H and O–H groups in total. The number of nitrogens with one attached hydrogen (secondary N) is 2. The van der Waals surface area contributed by atoms with E-state index in [-0.39, 0.29) is 16.5 Å². The van der Waals surface area contributed by atoms with Crippen molar-refractivity contribution < 1.29 is 18.3 Å². The van der Waals surface area contributed by atoms with Crippen LogP contribution in [0, 0.1) is 0 Å². The number of sulfonamides is 1. The van der Waals surface area contributed by atoms with Crippen LogP contribution in [0.25, 0.3) is 0 Å². The molecule has 0 radical (unpaired) electrons. The van der Waals surface area contributed by atoms with Gasteiger partial charge in [-0.15, -0.1) is 0 Å². The quantitative estimate of drug-likeness (QED) is 0.592. The first kappa shape index (κ1) is 18.7. The largest absolute Gasteiger partial charge is 0.478 e. The maximum Gasteiger partial charge on any atom is 0.335 e. The molecular formula is C17H26N2O4S. The monoisotopic (exact) mass is 354 g/mol. The van der Waals surface area contributed by atoms with Crippen LogP contribution in [-0.2, 0) is 10.0 Å². The van der Waals surface area contributed by atoms with E-state index in [9.17, 15) is 13.2 Å². The third-order valence-corrected chi connectivity index (χ3v) is 5.81. The standard InChI is InChI=1S/C17H26N2O4S/c1-2-3-6-11-18-24(22,23)16-12-13(17(20)21)9-10-15(16)19-14-7-4-5-8-14/h9-10,12,14,18-19H,2-8,11H2,1H3,(H,20,21). The van der Waals surface area contributed by atoms with E-state index in [1.807, 2.05) is 0 Å². The smallest absolute Gasteiger partial charge is 0.335 e. The number of anilines is 1. The molecule has 1 saturated carbocycles. The van der Waals surface area contributed by atoms with Crippen LogP contribution in [0.15, 0.2) is 23.1 Å². The summed E-state index contributed by atoms with van der Waals surface area (Å²) in [6, 6.07) is 4.48. The fourth-order valence-corrected chi connectivity index (χ4v) is 4.21. The van der Waals surface area contributed by atoms with Gasteiger partial charge < -0.3 is 10.4 Å². The van der Waals surface area contributed by atoms with Gasteiger partial charge in [-0.05, 0) is 37.5 Å². The lowest BCUT2D eigenvalue weighted by molar-refractivity contribution is 0.0696. The second-order valence-corrected chi connectivity index (χ2v) is 7.98. The Morgan fingerprint density at radius 1 is 1.25 bits per heavy atom. The molecule has 1 aliphatic carbocycles. The third-order valence-electron chi connectivity index (χ3n) is 4.31. The summed E-state index contributed by atoms with van der Waals surface area (Å²) < 4.78 is 27.8. The van der Waals surface area contributed by atoms with E-state index in [2.05, 4.69) is 17.0 Å². The van der Waals surface area contributed by atoms with Crippen molar-refractivity contribution in [3.8, 4) is 0 Å². The molecule has 0 aliphatic heterocycles. The van der Waals surface area contributed by atoms with Crippen LogP contribution < -0.4 is 10.0 Å².